The molecule has 6 heteroatoms. The van der Waals surface area contributed by atoms with E-state index < -0.39 is 0 Å². The van der Waals surface area contributed by atoms with Crippen LogP contribution in [0.5, 0.6) is 0 Å². The maximum Gasteiger partial charge on any atom is 0.222 e. The van der Waals surface area contributed by atoms with Crippen molar-refractivity contribution in [3.63, 3.8) is 0 Å². The van der Waals surface area contributed by atoms with Crippen molar-refractivity contribution in [1.82, 2.24) is 24.9 Å². The number of carbonyl (C=O) groups excluding carboxylic acids is 1. The smallest absolute Gasteiger partial charge is 0.222 e. The molecule has 0 saturated carbocycles. The third-order valence-electron chi connectivity index (χ3n) is 2.93. The van der Waals surface area contributed by atoms with E-state index in [2.05, 4.69) is 15.5 Å². The molecule has 1 amide bonds. The van der Waals surface area contributed by atoms with Crippen molar-refractivity contribution in [1.29, 1.82) is 0 Å². The van der Waals surface area contributed by atoms with Crippen molar-refractivity contribution < 1.29 is 4.79 Å². The molecule has 0 aromatic carbocycles. The average Bonchev–Trinajstić information content (AvgIpc) is 2.90. The van der Waals surface area contributed by atoms with Gasteiger partial charge in [-0.05, 0) is 19.9 Å². The molecular formula is C13H19N5O. The van der Waals surface area contributed by atoms with Gasteiger partial charge in [-0.3, -0.25) is 14.2 Å². The Kier molecular flexibility index (Phi) is 3.99. The van der Waals surface area contributed by atoms with Crippen molar-refractivity contribution in [2.45, 2.75) is 33.4 Å². The predicted molar refractivity (Wildman–Crippen MR) is 71.4 cm³/mol. The molecule has 102 valence electrons. The van der Waals surface area contributed by atoms with Crippen LogP contribution >= 0.6 is 0 Å². The molecule has 0 fully saturated rings. The maximum atomic E-state index is 11.7. The zero-order chi connectivity index (χ0) is 13.8. The minimum Gasteiger partial charge on any atom is -0.352 e. The molecule has 0 radical (unpaired) electrons. The largest absolute Gasteiger partial charge is 0.352 e. The highest BCUT2D eigenvalue weighted by molar-refractivity contribution is 5.75. The molecule has 0 aliphatic rings. The number of hydrogen-bond donors (Lipinski definition) is 1. The molecule has 2 rings (SSSR count). The van der Waals surface area contributed by atoms with Gasteiger partial charge in [0.05, 0.1) is 11.4 Å². The molecule has 0 aliphatic carbocycles. The highest BCUT2D eigenvalue weighted by Crippen LogP contribution is 2.04. The molecule has 0 aliphatic heterocycles. The summed E-state index contributed by atoms with van der Waals surface area (Å²) in [5.41, 5.74) is 2.96. The van der Waals surface area contributed by atoms with Gasteiger partial charge in [0.25, 0.3) is 0 Å². The topological polar surface area (TPSA) is 64.7 Å². The first-order chi connectivity index (χ1) is 9.04. The summed E-state index contributed by atoms with van der Waals surface area (Å²) < 4.78 is 3.54. The number of nitrogens with one attached hydrogen (secondary N) is 1. The van der Waals surface area contributed by atoms with Crippen LogP contribution in [0.2, 0.25) is 0 Å². The van der Waals surface area contributed by atoms with Gasteiger partial charge in [0.15, 0.2) is 0 Å². The molecule has 0 atom stereocenters. The zero-order valence-electron chi connectivity index (χ0n) is 11.6. The Balaban J connectivity index is 1.77. The van der Waals surface area contributed by atoms with Crippen LogP contribution < -0.4 is 5.32 Å². The first-order valence-electron chi connectivity index (χ1n) is 6.30. The van der Waals surface area contributed by atoms with Crippen LogP contribution in [-0.2, 0) is 24.9 Å². The highest BCUT2D eigenvalue weighted by atomic mass is 16.1. The van der Waals surface area contributed by atoms with Crippen molar-refractivity contribution in [3.05, 3.63) is 35.4 Å². The fourth-order valence-electron chi connectivity index (χ4n) is 1.91. The molecule has 6 nitrogen and oxygen atoms in total. The molecule has 19 heavy (non-hydrogen) atoms. The monoisotopic (exact) mass is 261 g/mol. The van der Waals surface area contributed by atoms with Gasteiger partial charge in [-0.1, -0.05) is 0 Å². The number of aromatic nitrogens is 4. The second-order valence-electron chi connectivity index (χ2n) is 4.66. The lowest BCUT2D eigenvalue weighted by Crippen LogP contribution is -2.24. The Labute approximate surface area is 112 Å². The summed E-state index contributed by atoms with van der Waals surface area (Å²) in [6.45, 7) is 5.00. The van der Waals surface area contributed by atoms with Crippen LogP contribution in [0.3, 0.4) is 0 Å². The van der Waals surface area contributed by atoms with Crippen LogP contribution in [-0.4, -0.2) is 25.5 Å². The van der Waals surface area contributed by atoms with E-state index in [4.69, 9.17) is 0 Å². The minimum absolute atomic E-state index is 0.0245. The van der Waals surface area contributed by atoms with Crippen LogP contribution in [0.4, 0.5) is 0 Å². The van der Waals surface area contributed by atoms with Crippen LogP contribution in [0.15, 0.2) is 18.5 Å². The molecule has 2 aromatic rings. The highest BCUT2D eigenvalue weighted by Gasteiger charge is 2.06. The van der Waals surface area contributed by atoms with E-state index in [1.807, 2.05) is 39.4 Å². The third kappa shape index (κ3) is 3.67. The fraction of sp³-hybridized carbons (Fsp3) is 0.462. The van der Waals surface area contributed by atoms with Gasteiger partial charge in [0.1, 0.15) is 0 Å². The summed E-state index contributed by atoms with van der Waals surface area (Å²) in [5, 5.41) is 11.4. The van der Waals surface area contributed by atoms with E-state index in [1.165, 1.54) is 0 Å². The van der Waals surface area contributed by atoms with Crippen LogP contribution in [0.1, 0.15) is 23.4 Å². The number of hydrogen-bond acceptors (Lipinski definition) is 3. The van der Waals surface area contributed by atoms with E-state index in [0.717, 1.165) is 17.0 Å². The fourth-order valence-corrected chi connectivity index (χ4v) is 1.91. The van der Waals surface area contributed by atoms with E-state index in [-0.39, 0.29) is 5.91 Å². The number of aryl methyl sites for hydroxylation is 4. The molecule has 0 unspecified atom stereocenters. The van der Waals surface area contributed by atoms with Crippen molar-refractivity contribution in [3.8, 4) is 0 Å². The Morgan fingerprint density at radius 1 is 1.37 bits per heavy atom. The van der Waals surface area contributed by atoms with Crippen LogP contribution in [0.25, 0.3) is 0 Å². The van der Waals surface area contributed by atoms with Crippen molar-refractivity contribution in [2.24, 2.45) is 7.05 Å². The normalized spacial score (nSPS) is 10.7. The third-order valence-corrected chi connectivity index (χ3v) is 2.93. The van der Waals surface area contributed by atoms with Gasteiger partial charge in [-0.15, -0.1) is 0 Å². The van der Waals surface area contributed by atoms with Gasteiger partial charge >= 0.3 is 0 Å². The quantitative estimate of drug-likeness (QED) is 0.871. The molecule has 2 heterocycles. The summed E-state index contributed by atoms with van der Waals surface area (Å²) in [4.78, 5) is 11.7. The summed E-state index contributed by atoms with van der Waals surface area (Å²) in [7, 11) is 1.87. The molecule has 0 saturated heterocycles. The number of rotatable bonds is 5. The SMILES string of the molecule is Cc1ccn(CCC(=O)NCc2cn(C)nc2C)n1. The van der Waals surface area contributed by atoms with Crippen LogP contribution in [0, 0.1) is 13.8 Å². The standard InChI is InChI=1S/C13H19N5O/c1-10-4-6-18(15-10)7-5-13(19)14-8-12-9-17(3)16-11(12)2/h4,6,9H,5,7-8H2,1-3H3,(H,14,19). The van der Waals surface area contributed by atoms with E-state index in [0.29, 0.717) is 19.5 Å². The Bertz CT molecular complexity index is 569. The molecule has 0 spiro atoms. The van der Waals surface area contributed by atoms with Gasteiger partial charge in [-0.2, -0.15) is 10.2 Å². The molecule has 1 N–H and O–H groups in total. The lowest BCUT2D eigenvalue weighted by atomic mass is 10.2. The van der Waals surface area contributed by atoms with Gasteiger partial charge < -0.3 is 5.32 Å². The summed E-state index contributed by atoms with van der Waals surface area (Å²) in [5.74, 6) is 0.0245. The Morgan fingerprint density at radius 3 is 2.74 bits per heavy atom. The first kappa shape index (κ1) is 13.3. The number of nitrogens with zero attached hydrogens (tertiary/aromatic N) is 4. The van der Waals surface area contributed by atoms with Gasteiger partial charge in [0, 0.05) is 44.5 Å². The lowest BCUT2D eigenvalue weighted by molar-refractivity contribution is -0.121. The molecule has 2 aromatic heterocycles. The lowest BCUT2D eigenvalue weighted by Gasteiger charge is -2.04. The summed E-state index contributed by atoms with van der Waals surface area (Å²) >= 11 is 0. The van der Waals surface area contributed by atoms with E-state index in [1.54, 1.807) is 9.36 Å². The number of carbonyl (C=O) groups is 1. The Morgan fingerprint density at radius 2 is 2.16 bits per heavy atom. The van der Waals surface area contributed by atoms with Crippen molar-refractivity contribution >= 4 is 5.91 Å². The van der Waals surface area contributed by atoms with Crippen molar-refractivity contribution in [2.75, 3.05) is 0 Å². The number of amides is 1. The maximum absolute atomic E-state index is 11.7. The average molecular weight is 261 g/mol. The summed E-state index contributed by atoms with van der Waals surface area (Å²) in [6, 6.07) is 1.93. The predicted octanol–water partition coefficient (Wildman–Crippen LogP) is 0.940. The van der Waals surface area contributed by atoms with Gasteiger partial charge in [-0.25, -0.2) is 0 Å². The molecule has 0 bridgehead atoms. The van der Waals surface area contributed by atoms with Gasteiger partial charge in [0.2, 0.25) is 5.91 Å². The van der Waals surface area contributed by atoms with E-state index in [9.17, 15) is 4.79 Å². The zero-order valence-corrected chi connectivity index (χ0v) is 11.6. The second-order valence-corrected chi connectivity index (χ2v) is 4.66. The minimum atomic E-state index is 0.0245. The summed E-state index contributed by atoms with van der Waals surface area (Å²) in [6.07, 6.45) is 4.24. The Hall–Kier alpha value is -2.11. The second kappa shape index (κ2) is 5.69. The first-order valence-corrected chi connectivity index (χ1v) is 6.30. The van der Waals surface area contributed by atoms with E-state index >= 15 is 0 Å². The molecular weight excluding hydrogens is 242 g/mol.